The van der Waals surface area contributed by atoms with E-state index in [9.17, 15) is 39.1 Å². The molecule has 5 N–H and O–H groups in total. The summed E-state index contributed by atoms with van der Waals surface area (Å²) in [7, 11) is 0. The van der Waals surface area contributed by atoms with Crippen LogP contribution in [-0.4, -0.2) is 68.6 Å². The third-order valence-corrected chi connectivity index (χ3v) is 8.07. The van der Waals surface area contributed by atoms with Gasteiger partial charge in [0.25, 0.3) is 0 Å². The van der Waals surface area contributed by atoms with Crippen molar-refractivity contribution in [1.82, 2.24) is 0 Å². The Morgan fingerprint density at radius 2 is 1.39 bits per heavy atom. The van der Waals surface area contributed by atoms with Gasteiger partial charge in [-0.3, -0.25) is 4.79 Å². The highest BCUT2D eigenvalue weighted by Gasteiger charge is 2.48. The lowest BCUT2D eigenvalue weighted by atomic mass is 9.78. The van der Waals surface area contributed by atoms with Crippen molar-refractivity contribution in [3.8, 4) is 0 Å². The molecule has 8 atom stereocenters. The molecule has 41 heavy (non-hydrogen) atoms. The number of aliphatic hydroxyl groups excluding tert-OH is 5. The third kappa shape index (κ3) is 6.04. The molecule has 0 spiro atoms. The lowest BCUT2D eigenvalue weighted by molar-refractivity contribution is -0.228. The molecular weight excluding hydrogens is 536 g/mol. The summed E-state index contributed by atoms with van der Waals surface area (Å²) in [6.07, 6.45) is -6.00. The molecule has 2 fully saturated rings. The fourth-order valence-electron chi connectivity index (χ4n) is 5.72. The minimum atomic E-state index is -1.45. The van der Waals surface area contributed by atoms with E-state index in [0.717, 1.165) is 11.1 Å². The van der Waals surface area contributed by atoms with Gasteiger partial charge < -0.3 is 35.2 Å². The van der Waals surface area contributed by atoms with Gasteiger partial charge in [-0.25, -0.2) is 8.78 Å². The molecule has 2 aliphatic rings. The largest absolute Gasteiger partial charge is 0.394 e. The fourth-order valence-corrected chi connectivity index (χ4v) is 5.72. The van der Waals surface area contributed by atoms with E-state index in [0.29, 0.717) is 17.7 Å². The standard InChI is InChI=1S/C31H33F2NO7/c32-20-7-5-19(6-8-20)27-23(31(40)34(27)22-11-9-21(33)10-12-22)13-14-24(36)18-3-1-17(2-4-18)15-25-28(37)30(39)29(38)26(16-35)41-25/h1-12,23-30,35-39H,13-16H2. The van der Waals surface area contributed by atoms with Gasteiger partial charge in [-0.2, -0.15) is 0 Å². The van der Waals surface area contributed by atoms with Gasteiger partial charge in [0, 0.05) is 12.1 Å². The molecule has 1 amide bonds. The summed E-state index contributed by atoms with van der Waals surface area (Å²) in [6, 6.07) is 18.1. The second-order valence-electron chi connectivity index (χ2n) is 10.7. The topological polar surface area (TPSA) is 131 Å². The number of hydrogen-bond donors (Lipinski definition) is 5. The number of rotatable bonds is 9. The van der Waals surface area contributed by atoms with Crippen LogP contribution in [0.25, 0.3) is 0 Å². The molecule has 0 aromatic heterocycles. The van der Waals surface area contributed by atoms with Crippen molar-refractivity contribution >= 4 is 11.6 Å². The van der Waals surface area contributed by atoms with Crippen LogP contribution in [0, 0.1) is 17.6 Å². The molecule has 5 rings (SSSR count). The van der Waals surface area contributed by atoms with E-state index < -0.39 is 60.8 Å². The molecular formula is C31H33F2NO7. The Hall–Kier alpha value is -3.25. The molecule has 0 radical (unpaired) electrons. The first kappa shape index (κ1) is 29.2. The Bertz CT molecular complexity index is 1320. The van der Waals surface area contributed by atoms with Crippen LogP contribution in [-0.2, 0) is 16.0 Å². The molecule has 0 bridgehead atoms. The van der Waals surface area contributed by atoms with E-state index in [1.54, 1.807) is 41.3 Å². The number of anilines is 1. The van der Waals surface area contributed by atoms with E-state index in [1.807, 2.05) is 0 Å². The predicted molar refractivity (Wildman–Crippen MR) is 145 cm³/mol. The summed E-state index contributed by atoms with van der Waals surface area (Å²) in [5.41, 5.74) is 2.67. The van der Waals surface area contributed by atoms with E-state index in [4.69, 9.17) is 4.74 Å². The van der Waals surface area contributed by atoms with Crippen LogP contribution in [0.1, 0.15) is 41.7 Å². The van der Waals surface area contributed by atoms with Crippen LogP contribution in [0.3, 0.4) is 0 Å². The summed E-state index contributed by atoms with van der Waals surface area (Å²) >= 11 is 0. The first-order valence-corrected chi connectivity index (χ1v) is 13.6. The average Bonchev–Trinajstić information content (AvgIpc) is 2.98. The summed E-state index contributed by atoms with van der Waals surface area (Å²) < 4.78 is 32.6. The third-order valence-electron chi connectivity index (χ3n) is 8.07. The zero-order valence-electron chi connectivity index (χ0n) is 22.1. The molecule has 8 unspecified atom stereocenters. The van der Waals surface area contributed by atoms with Gasteiger partial charge in [0.05, 0.1) is 30.8 Å². The van der Waals surface area contributed by atoms with E-state index in [1.165, 1.54) is 36.4 Å². The molecule has 218 valence electrons. The Morgan fingerprint density at radius 1 is 0.805 bits per heavy atom. The Kier molecular flexibility index (Phi) is 8.79. The van der Waals surface area contributed by atoms with Crippen LogP contribution in [0.2, 0.25) is 0 Å². The number of benzene rings is 3. The fraction of sp³-hybridized carbons (Fsp3) is 0.387. The maximum atomic E-state index is 13.6. The summed E-state index contributed by atoms with van der Waals surface area (Å²) in [6.45, 7) is -0.500. The van der Waals surface area contributed by atoms with Crippen LogP contribution in [0.15, 0.2) is 72.8 Å². The molecule has 8 nitrogen and oxygen atoms in total. The van der Waals surface area contributed by atoms with Crippen LogP contribution in [0.5, 0.6) is 0 Å². The van der Waals surface area contributed by atoms with Crippen molar-refractivity contribution in [3.63, 3.8) is 0 Å². The van der Waals surface area contributed by atoms with Crippen molar-refractivity contribution < 1.29 is 43.8 Å². The van der Waals surface area contributed by atoms with E-state index in [2.05, 4.69) is 0 Å². The number of hydrogen-bond acceptors (Lipinski definition) is 7. The van der Waals surface area contributed by atoms with Gasteiger partial charge in [-0.05, 0) is 65.9 Å². The summed E-state index contributed by atoms with van der Waals surface area (Å²) in [4.78, 5) is 14.8. The molecule has 3 aromatic rings. The minimum absolute atomic E-state index is 0.159. The zero-order valence-corrected chi connectivity index (χ0v) is 22.1. The number of aliphatic hydroxyl groups is 5. The molecule has 10 heteroatoms. The summed E-state index contributed by atoms with van der Waals surface area (Å²) in [5.74, 6) is -1.42. The van der Waals surface area contributed by atoms with Crippen LogP contribution in [0.4, 0.5) is 14.5 Å². The highest BCUT2D eigenvalue weighted by molar-refractivity contribution is 6.03. The smallest absolute Gasteiger partial charge is 0.233 e. The molecule has 2 saturated heterocycles. The number of halogens is 2. The number of β-lactam (4-membered cyclic amide) rings is 1. The lowest BCUT2D eigenvalue weighted by Gasteiger charge is -2.48. The van der Waals surface area contributed by atoms with Gasteiger partial charge in [0.1, 0.15) is 36.1 Å². The monoisotopic (exact) mass is 569 g/mol. The van der Waals surface area contributed by atoms with Gasteiger partial charge in [0.15, 0.2) is 0 Å². The summed E-state index contributed by atoms with van der Waals surface area (Å²) in [5, 5.41) is 50.6. The maximum Gasteiger partial charge on any atom is 0.233 e. The molecule has 0 saturated carbocycles. The predicted octanol–water partition coefficient (Wildman–Crippen LogP) is 2.57. The van der Waals surface area contributed by atoms with Crippen LogP contribution < -0.4 is 4.90 Å². The van der Waals surface area contributed by atoms with Crippen molar-refractivity contribution in [2.24, 2.45) is 5.92 Å². The van der Waals surface area contributed by atoms with Crippen molar-refractivity contribution in [2.75, 3.05) is 11.5 Å². The number of carbonyl (C=O) groups excluding carboxylic acids is 1. The second kappa shape index (κ2) is 12.3. The van der Waals surface area contributed by atoms with Gasteiger partial charge in [0.2, 0.25) is 5.91 Å². The Labute approximate surface area is 236 Å². The lowest BCUT2D eigenvalue weighted by Crippen LogP contribution is -2.58. The molecule has 2 heterocycles. The average molecular weight is 570 g/mol. The quantitative estimate of drug-likeness (QED) is 0.251. The van der Waals surface area contributed by atoms with Crippen molar-refractivity contribution in [1.29, 1.82) is 0 Å². The highest BCUT2D eigenvalue weighted by atomic mass is 19.1. The van der Waals surface area contributed by atoms with E-state index >= 15 is 0 Å². The molecule has 0 aliphatic carbocycles. The van der Waals surface area contributed by atoms with Crippen LogP contribution >= 0.6 is 0 Å². The number of nitrogens with zero attached hydrogens (tertiary/aromatic N) is 1. The second-order valence-corrected chi connectivity index (χ2v) is 10.7. The first-order chi connectivity index (χ1) is 19.7. The number of amides is 1. The normalized spacial score (nSPS) is 28.8. The maximum absolute atomic E-state index is 13.6. The van der Waals surface area contributed by atoms with Gasteiger partial charge in [-0.1, -0.05) is 36.4 Å². The van der Waals surface area contributed by atoms with Crippen molar-refractivity contribution in [2.45, 2.75) is 61.9 Å². The zero-order chi connectivity index (χ0) is 29.3. The Morgan fingerprint density at radius 3 is 2.00 bits per heavy atom. The van der Waals surface area contributed by atoms with E-state index in [-0.39, 0.29) is 24.8 Å². The van der Waals surface area contributed by atoms with Gasteiger partial charge in [-0.15, -0.1) is 0 Å². The first-order valence-electron chi connectivity index (χ1n) is 13.6. The SMILES string of the molecule is O=C1C(CCC(O)c2ccc(CC3OC(CO)C(O)C(O)C3O)cc2)C(c2ccc(F)cc2)N1c1ccc(F)cc1. The highest BCUT2D eigenvalue weighted by Crippen LogP contribution is 2.46. The number of ether oxygens (including phenoxy) is 1. The van der Waals surface area contributed by atoms with Gasteiger partial charge >= 0.3 is 0 Å². The molecule has 2 aliphatic heterocycles. The minimum Gasteiger partial charge on any atom is -0.394 e. The number of carbonyl (C=O) groups is 1. The Balaban J connectivity index is 1.23. The molecule has 3 aromatic carbocycles. The van der Waals surface area contributed by atoms with Crippen molar-refractivity contribution in [3.05, 3.63) is 101 Å².